The summed E-state index contributed by atoms with van der Waals surface area (Å²) in [5.74, 6) is 0. The van der Waals surface area contributed by atoms with Gasteiger partial charge in [0.25, 0.3) is 0 Å². The van der Waals surface area contributed by atoms with E-state index in [1.54, 1.807) is 0 Å². The van der Waals surface area contributed by atoms with Crippen LogP contribution in [0.2, 0.25) is 0 Å². The zero-order valence-electron chi connectivity index (χ0n) is 7.47. The molecule has 0 saturated heterocycles. The summed E-state index contributed by atoms with van der Waals surface area (Å²) in [4.78, 5) is 3.05. The first-order valence-electron chi connectivity index (χ1n) is 3.90. The number of alkyl halides is 3. The van der Waals surface area contributed by atoms with E-state index in [-0.39, 0.29) is 13.1 Å². The molecular weight excluding hydrogens is 195 g/mol. The van der Waals surface area contributed by atoms with Gasteiger partial charge in [0.05, 0.1) is 0 Å². The van der Waals surface area contributed by atoms with Gasteiger partial charge in [-0.05, 0) is 13.0 Å². The van der Waals surface area contributed by atoms with Gasteiger partial charge >= 0.3 is 6.18 Å². The van der Waals surface area contributed by atoms with E-state index in [4.69, 9.17) is 6.57 Å². The summed E-state index contributed by atoms with van der Waals surface area (Å²) in [5.41, 5.74) is -0.485. The quantitative estimate of drug-likeness (QED) is 0.675. The Morgan fingerprint density at radius 3 is 2.64 bits per heavy atom. The van der Waals surface area contributed by atoms with Crippen LogP contribution in [0.1, 0.15) is 11.4 Å². The van der Waals surface area contributed by atoms with Crippen LogP contribution in [0.5, 0.6) is 0 Å². The Bertz CT molecular complexity index is 359. The third-order valence-corrected chi connectivity index (χ3v) is 1.70. The van der Waals surface area contributed by atoms with Crippen LogP contribution in [0.4, 0.5) is 13.2 Å². The second kappa shape index (κ2) is 3.70. The molecule has 1 aromatic rings. The molecule has 3 nitrogen and oxygen atoms in total. The molecule has 76 valence electrons. The Morgan fingerprint density at radius 2 is 2.21 bits per heavy atom. The van der Waals surface area contributed by atoms with E-state index >= 15 is 0 Å². The summed E-state index contributed by atoms with van der Waals surface area (Å²) in [5, 5.41) is 3.37. The van der Waals surface area contributed by atoms with Gasteiger partial charge in [0.15, 0.2) is 5.69 Å². The average molecular weight is 203 g/mol. The lowest BCUT2D eigenvalue weighted by molar-refractivity contribution is -0.141. The second-order valence-corrected chi connectivity index (χ2v) is 2.77. The van der Waals surface area contributed by atoms with Crippen molar-refractivity contribution in [2.75, 3.05) is 6.54 Å². The minimum absolute atomic E-state index is 0.139. The Hall–Kier alpha value is -1.51. The number of hydrogen-bond acceptors (Lipinski definition) is 1. The van der Waals surface area contributed by atoms with Crippen molar-refractivity contribution < 1.29 is 13.2 Å². The van der Waals surface area contributed by atoms with Crippen LogP contribution in [-0.2, 0) is 12.7 Å². The molecule has 0 spiro atoms. The fraction of sp³-hybridized carbons (Fsp3) is 0.500. The van der Waals surface area contributed by atoms with Crippen molar-refractivity contribution in [1.82, 2.24) is 9.78 Å². The summed E-state index contributed by atoms with van der Waals surface area (Å²) < 4.78 is 37.7. The maximum atomic E-state index is 12.2. The van der Waals surface area contributed by atoms with E-state index in [0.29, 0.717) is 5.69 Å². The number of aryl methyl sites for hydroxylation is 1. The van der Waals surface area contributed by atoms with Gasteiger partial charge in [0.2, 0.25) is 6.54 Å². The maximum absolute atomic E-state index is 12.2. The molecule has 0 saturated carbocycles. The van der Waals surface area contributed by atoms with Gasteiger partial charge in [-0.2, -0.15) is 18.3 Å². The van der Waals surface area contributed by atoms with Gasteiger partial charge in [0.1, 0.15) is 6.54 Å². The van der Waals surface area contributed by atoms with Crippen molar-refractivity contribution in [3.8, 4) is 0 Å². The molecule has 14 heavy (non-hydrogen) atoms. The van der Waals surface area contributed by atoms with Crippen molar-refractivity contribution in [1.29, 1.82) is 0 Å². The smallest absolute Gasteiger partial charge is 0.315 e. The van der Waals surface area contributed by atoms with Crippen molar-refractivity contribution in [2.45, 2.75) is 19.6 Å². The van der Waals surface area contributed by atoms with E-state index in [0.717, 1.165) is 6.07 Å². The number of hydrogen-bond donors (Lipinski definition) is 0. The lowest BCUT2D eigenvalue weighted by atomic mass is 10.4. The molecule has 0 amide bonds. The van der Waals surface area contributed by atoms with Crippen LogP contribution < -0.4 is 0 Å². The summed E-state index contributed by atoms with van der Waals surface area (Å²) in [6.45, 7) is 8.39. The third kappa shape index (κ3) is 2.25. The highest BCUT2D eigenvalue weighted by atomic mass is 19.4. The summed E-state index contributed by atoms with van der Waals surface area (Å²) in [7, 11) is 0. The third-order valence-electron chi connectivity index (χ3n) is 1.70. The number of rotatable bonds is 2. The predicted octanol–water partition coefficient (Wildman–Crippen LogP) is 2.13. The van der Waals surface area contributed by atoms with Crippen LogP contribution in [0.25, 0.3) is 4.85 Å². The first kappa shape index (κ1) is 10.6. The second-order valence-electron chi connectivity index (χ2n) is 2.77. The largest absolute Gasteiger partial charge is 0.435 e. The fourth-order valence-corrected chi connectivity index (χ4v) is 1.02. The topological polar surface area (TPSA) is 22.2 Å². The van der Waals surface area contributed by atoms with Crippen LogP contribution in [-0.4, -0.2) is 16.3 Å². The molecule has 0 bridgehead atoms. The molecule has 0 radical (unpaired) electrons. The molecule has 1 aromatic heterocycles. The summed E-state index contributed by atoms with van der Waals surface area (Å²) in [6.07, 6.45) is -4.41. The highest BCUT2D eigenvalue weighted by Crippen LogP contribution is 2.28. The number of halogens is 3. The monoisotopic (exact) mass is 203 g/mol. The molecule has 6 heteroatoms. The molecule has 0 aliphatic rings. The highest BCUT2D eigenvalue weighted by Gasteiger charge is 2.34. The van der Waals surface area contributed by atoms with Crippen LogP contribution in [0, 0.1) is 13.5 Å². The van der Waals surface area contributed by atoms with Gasteiger partial charge in [0, 0.05) is 5.69 Å². The standard InChI is InChI=1S/C8H8F3N3/c1-6-5-7(8(9,10)11)13-14(6)4-3-12-2/h5H,3-4H2,1H3. The van der Waals surface area contributed by atoms with Crippen molar-refractivity contribution in [3.05, 3.63) is 28.9 Å². The number of nitrogens with zero attached hydrogens (tertiary/aromatic N) is 3. The molecule has 0 aliphatic heterocycles. The zero-order chi connectivity index (χ0) is 10.8. The average Bonchev–Trinajstić information content (AvgIpc) is 2.43. The van der Waals surface area contributed by atoms with E-state index in [1.165, 1.54) is 11.6 Å². The highest BCUT2D eigenvalue weighted by molar-refractivity contribution is 5.11. The molecule has 0 aromatic carbocycles. The Balaban J connectivity index is 2.89. The van der Waals surface area contributed by atoms with Crippen molar-refractivity contribution in [2.24, 2.45) is 0 Å². The van der Waals surface area contributed by atoms with Crippen LogP contribution in [0.15, 0.2) is 6.07 Å². The Morgan fingerprint density at radius 1 is 1.57 bits per heavy atom. The van der Waals surface area contributed by atoms with Gasteiger partial charge in [-0.15, -0.1) is 0 Å². The van der Waals surface area contributed by atoms with E-state index in [2.05, 4.69) is 9.94 Å². The molecule has 0 aliphatic carbocycles. The van der Waals surface area contributed by atoms with Crippen LogP contribution >= 0.6 is 0 Å². The molecule has 0 atom stereocenters. The SMILES string of the molecule is [C-]#[N+]CCn1nc(C(F)(F)F)cc1C. The van der Waals surface area contributed by atoms with Crippen LogP contribution in [0.3, 0.4) is 0 Å². The molecule has 1 rings (SSSR count). The first-order chi connectivity index (χ1) is 6.45. The van der Waals surface area contributed by atoms with Gasteiger partial charge < -0.3 is 4.85 Å². The van der Waals surface area contributed by atoms with Crippen molar-refractivity contribution in [3.63, 3.8) is 0 Å². The summed E-state index contributed by atoms with van der Waals surface area (Å²) in [6, 6.07) is 0.976. The zero-order valence-corrected chi connectivity index (χ0v) is 7.47. The molecule has 0 fully saturated rings. The minimum atomic E-state index is -4.41. The first-order valence-corrected chi connectivity index (χ1v) is 3.90. The minimum Gasteiger partial charge on any atom is -0.315 e. The predicted molar refractivity (Wildman–Crippen MR) is 43.4 cm³/mol. The molecular formula is C8H8F3N3. The lowest BCUT2D eigenvalue weighted by Gasteiger charge is -2.00. The Kier molecular flexibility index (Phi) is 2.79. The van der Waals surface area contributed by atoms with E-state index < -0.39 is 11.9 Å². The fourth-order valence-electron chi connectivity index (χ4n) is 1.02. The molecule has 1 heterocycles. The normalized spacial score (nSPS) is 11.4. The lowest BCUT2D eigenvalue weighted by Crippen LogP contribution is -2.09. The maximum Gasteiger partial charge on any atom is 0.435 e. The van der Waals surface area contributed by atoms with Gasteiger partial charge in [-0.1, -0.05) is 0 Å². The Labute approximate surface area is 79.0 Å². The number of aromatic nitrogens is 2. The van der Waals surface area contributed by atoms with Gasteiger partial charge in [-0.3, -0.25) is 4.68 Å². The molecule has 0 unspecified atom stereocenters. The molecule has 0 N–H and O–H groups in total. The van der Waals surface area contributed by atoms with E-state index in [1.807, 2.05) is 0 Å². The van der Waals surface area contributed by atoms with Gasteiger partial charge in [-0.25, -0.2) is 6.57 Å². The summed E-state index contributed by atoms with van der Waals surface area (Å²) >= 11 is 0. The van der Waals surface area contributed by atoms with Crippen molar-refractivity contribution >= 4 is 0 Å². The van der Waals surface area contributed by atoms with E-state index in [9.17, 15) is 13.2 Å².